The molecule has 0 saturated carbocycles. The van der Waals surface area contributed by atoms with Crippen molar-refractivity contribution in [3.63, 3.8) is 0 Å². The lowest BCUT2D eigenvalue weighted by Crippen LogP contribution is -2.56. The molecule has 0 spiro atoms. The first kappa shape index (κ1) is 16.0. The second kappa shape index (κ2) is 6.20. The average molecular weight is 327 g/mol. The van der Waals surface area contributed by atoms with Gasteiger partial charge in [-0.2, -0.15) is 0 Å². The summed E-state index contributed by atoms with van der Waals surface area (Å²) in [7, 11) is 0. The first-order valence-corrected chi connectivity index (χ1v) is 7.81. The number of fused-ring (bicyclic) bond motifs is 1. The third kappa shape index (κ3) is 2.99. The fraction of sp³-hybridized carbons (Fsp3) is 0.467. The molecule has 2 N–H and O–H groups in total. The molecule has 4 nitrogen and oxygen atoms in total. The van der Waals surface area contributed by atoms with E-state index in [1.807, 2.05) is 13.8 Å². The number of carbonyl (C=O) groups excluding carboxylic acids is 1. The van der Waals surface area contributed by atoms with Crippen molar-refractivity contribution in [1.29, 1.82) is 0 Å². The summed E-state index contributed by atoms with van der Waals surface area (Å²) in [6.45, 7) is 4.34. The Morgan fingerprint density at radius 3 is 2.67 bits per heavy atom. The number of hydrogen-bond acceptors (Lipinski definition) is 3. The highest BCUT2D eigenvalue weighted by Gasteiger charge is 2.45. The van der Waals surface area contributed by atoms with Crippen LogP contribution in [-0.4, -0.2) is 23.0 Å². The van der Waals surface area contributed by atoms with E-state index in [2.05, 4.69) is 0 Å². The Balaban J connectivity index is 2.46. The summed E-state index contributed by atoms with van der Waals surface area (Å²) in [6.07, 6.45) is 1.68. The van der Waals surface area contributed by atoms with Crippen molar-refractivity contribution in [3.05, 3.63) is 23.2 Å². The summed E-state index contributed by atoms with van der Waals surface area (Å²) < 4.78 is 6.01. The van der Waals surface area contributed by atoms with Crippen molar-refractivity contribution in [2.24, 2.45) is 5.73 Å². The van der Waals surface area contributed by atoms with Crippen LogP contribution >= 0.6 is 23.8 Å². The number of ether oxygens (including phenoxy) is 1. The molecule has 21 heavy (non-hydrogen) atoms. The molecule has 0 saturated heterocycles. The van der Waals surface area contributed by atoms with E-state index in [4.69, 9.17) is 34.3 Å². The summed E-state index contributed by atoms with van der Waals surface area (Å²) in [6, 6.07) is 5.31. The number of carbonyl (C=O) groups is 1. The van der Waals surface area contributed by atoms with E-state index in [0.717, 1.165) is 0 Å². The van der Waals surface area contributed by atoms with Gasteiger partial charge < -0.3 is 15.4 Å². The largest absolute Gasteiger partial charge is 0.475 e. The van der Waals surface area contributed by atoms with Gasteiger partial charge in [0, 0.05) is 18.0 Å². The number of anilines is 1. The second-order valence-corrected chi connectivity index (χ2v) is 6.05. The quantitative estimate of drug-likeness (QED) is 0.843. The lowest BCUT2D eigenvalue weighted by Gasteiger charge is -2.42. The maximum Gasteiger partial charge on any atom is 0.271 e. The van der Waals surface area contributed by atoms with Crippen molar-refractivity contribution in [1.82, 2.24) is 0 Å². The van der Waals surface area contributed by atoms with Gasteiger partial charge in [0.25, 0.3) is 5.91 Å². The number of thiocarbonyl (C=S) groups is 1. The van der Waals surface area contributed by atoms with Crippen LogP contribution in [0.3, 0.4) is 0 Å². The van der Waals surface area contributed by atoms with Crippen molar-refractivity contribution in [3.8, 4) is 5.75 Å². The summed E-state index contributed by atoms with van der Waals surface area (Å²) in [5.41, 5.74) is 5.43. The molecule has 1 aromatic carbocycles. The van der Waals surface area contributed by atoms with Crippen molar-refractivity contribution >= 4 is 40.4 Å². The van der Waals surface area contributed by atoms with Gasteiger partial charge in [-0.25, -0.2) is 0 Å². The third-order valence-corrected chi connectivity index (χ3v) is 4.32. The Kier molecular flexibility index (Phi) is 4.74. The lowest BCUT2D eigenvalue weighted by atomic mass is 9.92. The van der Waals surface area contributed by atoms with Gasteiger partial charge >= 0.3 is 0 Å². The Morgan fingerprint density at radius 2 is 2.10 bits per heavy atom. The number of nitrogens with two attached hydrogens (primary N) is 1. The average Bonchev–Trinajstić information content (AvgIpc) is 2.46. The van der Waals surface area contributed by atoms with E-state index in [1.165, 1.54) is 0 Å². The van der Waals surface area contributed by atoms with Crippen LogP contribution in [-0.2, 0) is 4.79 Å². The molecule has 114 valence electrons. The van der Waals surface area contributed by atoms with Crippen molar-refractivity contribution < 1.29 is 9.53 Å². The van der Waals surface area contributed by atoms with Gasteiger partial charge in [-0.3, -0.25) is 4.79 Å². The highest BCUT2D eigenvalue weighted by Crippen LogP contribution is 2.41. The minimum atomic E-state index is -0.822. The topological polar surface area (TPSA) is 55.6 Å². The molecule has 0 aromatic heterocycles. The number of nitrogens with zero attached hydrogens (tertiary/aromatic N) is 1. The summed E-state index contributed by atoms with van der Waals surface area (Å²) in [5, 5.41) is 0.561. The molecule has 0 bridgehead atoms. The molecule has 1 aromatic rings. The molecule has 0 radical (unpaired) electrons. The number of benzene rings is 1. The first-order chi connectivity index (χ1) is 9.93. The van der Waals surface area contributed by atoms with Gasteiger partial charge in [-0.15, -0.1) is 0 Å². The summed E-state index contributed by atoms with van der Waals surface area (Å²) in [5.74, 6) is 0.615. The fourth-order valence-electron chi connectivity index (χ4n) is 2.54. The molecular formula is C15H19ClN2O2S. The molecule has 6 heteroatoms. The number of hydrogen-bond donors (Lipinski definition) is 1. The zero-order valence-electron chi connectivity index (χ0n) is 12.2. The highest BCUT2D eigenvalue weighted by molar-refractivity contribution is 7.80. The Labute approximate surface area is 135 Å². The molecule has 1 aliphatic heterocycles. The number of halogens is 1. The summed E-state index contributed by atoms with van der Waals surface area (Å²) >= 11 is 11.0. The molecule has 0 unspecified atom stereocenters. The van der Waals surface area contributed by atoms with E-state index in [0.29, 0.717) is 47.3 Å². The van der Waals surface area contributed by atoms with Gasteiger partial charge in [0.1, 0.15) is 5.75 Å². The Bertz CT molecular complexity index is 573. The van der Waals surface area contributed by atoms with Crippen LogP contribution in [0.15, 0.2) is 18.2 Å². The molecule has 1 heterocycles. The monoisotopic (exact) mass is 326 g/mol. The Hall–Kier alpha value is -1.33. The maximum absolute atomic E-state index is 12.9. The van der Waals surface area contributed by atoms with Gasteiger partial charge in [0.05, 0.1) is 10.7 Å². The molecule has 0 aliphatic carbocycles. The van der Waals surface area contributed by atoms with E-state index < -0.39 is 5.60 Å². The zero-order chi connectivity index (χ0) is 15.6. The Morgan fingerprint density at radius 1 is 1.43 bits per heavy atom. The van der Waals surface area contributed by atoms with Crippen molar-refractivity contribution in [2.75, 3.05) is 11.4 Å². The normalized spacial score (nSPS) is 16.3. The molecular weight excluding hydrogens is 308 g/mol. The van der Waals surface area contributed by atoms with Crippen LogP contribution in [0.1, 0.15) is 33.1 Å². The fourth-order valence-corrected chi connectivity index (χ4v) is 2.80. The van der Waals surface area contributed by atoms with Crippen LogP contribution < -0.4 is 15.4 Å². The standard InChI is InChI=1S/C15H19ClN2O2S/c1-3-15(4-2)14(19)18(8-7-13(17)21)11-9-10(16)5-6-12(11)20-15/h5-6,9H,3-4,7-8H2,1-2H3,(H2,17,21). The van der Waals surface area contributed by atoms with E-state index >= 15 is 0 Å². The van der Waals surface area contributed by atoms with Crippen molar-refractivity contribution in [2.45, 2.75) is 38.7 Å². The lowest BCUT2D eigenvalue weighted by molar-refractivity contribution is -0.136. The molecule has 2 rings (SSSR count). The van der Waals surface area contributed by atoms with E-state index in [1.54, 1.807) is 23.1 Å². The SMILES string of the molecule is CCC1(CC)Oc2ccc(Cl)cc2N(CCC(N)=S)C1=O. The van der Waals surface area contributed by atoms with Crippen LogP contribution in [0.5, 0.6) is 5.75 Å². The molecule has 1 aliphatic rings. The molecule has 1 amide bonds. The van der Waals surface area contributed by atoms with Crippen LogP contribution in [0, 0.1) is 0 Å². The number of rotatable bonds is 5. The predicted molar refractivity (Wildman–Crippen MR) is 89.1 cm³/mol. The molecule has 0 atom stereocenters. The van der Waals surface area contributed by atoms with E-state index in [-0.39, 0.29) is 5.91 Å². The van der Waals surface area contributed by atoms with Crippen LogP contribution in [0.2, 0.25) is 5.02 Å². The van der Waals surface area contributed by atoms with Crippen LogP contribution in [0.4, 0.5) is 5.69 Å². The predicted octanol–water partition coefficient (Wildman–Crippen LogP) is 3.30. The zero-order valence-corrected chi connectivity index (χ0v) is 13.8. The third-order valence-electron chi connectivity index (χ3n) is 3.88. The first-order valence-electron chi connectivity index (χ1n) is 7.02. The van der Waals surface area contributed by atoms with Gasteiger partial charge in [-0.05, 0) is 31.0 Å². The minimum absolute atomic E-state index is 0.0569. The van der Waals surface area contributed by atoms with Gasteiger partial charge in [0.15, 0.2) is 5.60 Å². The minimum Gasteiger partial charge on any atom is -0.475 e. The van der Waals surface area contributed by atoms with Gasteiger partial charge in [0.2, 0.25) is 0 Å². The highest BCUT2D eigenvalue weighted by atomic mass is 35.5. The van der Waals surface area contributed by atoms with E-state index in [9.17, 15) is 4.79 Å². The van der Waals surface area contributed by atoms with Crippen LogP contribution in [0.25, 0.3) is 0 Å². The molecule has 0 fully saturated rings. The summed E-state index contributed by atoms with van der Waals surface area (Å²) in [4.78, 5) is 14.9. The van der Waals surface area contributed by atoms with Gasteiger partial charge in [-0.1, -0.05) is 37.7 Å². The second-order valence-electron chi connectivity index (χ2n) is 5.09. The number of amides is 1. The maximum atomic E-state index is 12.9. The smallest absolute Gasteiger partial charge is 0.271 e.